The lowest BCUT2D eigenvalue weighted by atomic mass is 10.0. The zero-order valence-corrected chi connectivity index (χ0v) is 14.9. The molecule has 1 amide bonds. The van der Waals surface area contributed by atoms with E-state index in [0.29, 0.717) is 12.3 Å². The molecule has 3 aromatic rings. The Morgan fingerprint density at radius 3 is 2.59 bits per heavy atom. The number of nitrogens with zero attached hydrogens (tertiary/aromatic N) is 1. The van der Waals surface area contributed by atoms with E-state index in [1.54, 1.807) is 6.08 Å². The molecule has 1 saturated heterocycles. The summed E-state index contributed by atoms with van der Waals surface area (Å²) in [5.41, 5.74) is 10.9. The number of hydrogen-bond donors (Lipinski definition) is 3. The highest BCUT2D eigenvalue weighted by atomic mass is 16.5. The van der Waals surface area contributed by atoms with Crippen molar-refractivity contribution in [3.05, 3.63) is 78.0 Å². The molecule has 0 bridgehead atoms. The van der Waals surface area contributed by atoms with Gasteiger partial charge in [-0.3, -0.25) is 15.6 Å². The number of hydrazine groups is 3. The first kappa shape index (κ1) is 16.9. The van der Waals surface area contributed by atoms with E-state index in [1.807, 2.05) is 73.7 Å². The van der Waals surface area contributed by atoms with Crippen molar-refractivity contribution in [2.75, 3.05) is 12.0 Å². The summed E-state index contributed by atoms with van der Waals surface area (Å²) >= 11 is 0. The number of nitrogens with one attached hydrogen (secondary N) is 3. The molecule has 6 heteroatoms. The third-order valence-electron chi connectivity index (χ3n) is 4.20. The quantitative estimate of drug-likeness (QED) is 0.608. The van der Waals surface area contributed by atoms with Crippen molar-refractivity contribution >= 4 is 28.4 Å². The van der Waals surface area contributed by atoms with Gasteiger partial charge in [0, 0.05) is 10.9 Å². The molecule has 3 N–H and O–H groups in total. The number of rotatable bonds is 5. The Morgan fingerprint density at radius 1 is 1.00 bits per heavy atom. The van der Waals surface area contributed by atoms with Crippen molar-refractivity contribution in [2.24, 2.45) is 0 Å². The zero-order chi connectivity index (χ0) is 18.6. The number of hydrogen-bond acceptors (Lipinski definition) is 5. The highest BCUT2D eigenvalue weighted by Crippen LogP contribution is 2.31. The van der Waals surface area contributed by atoms with Crippen LogP contribution in [0.25, 0.3) is 16.8 Å². The molecule has 27 heavy (non-hydrogen) atoms. The van der Waals surface area contributed by atoms with Crippen LogP contribution >= 0.6 is 0 Å². The fourth-order valence-electron chi connectivity index (χ4n) is 2.99. The maximum atomic E-state index is 12.3. The zero-order valence-electron chi connectivity index (χ0n) is 14.9. The number of fused-ring (bicyclic) bond motifs is 1. The standard InChI is InChI=1S/C21H20N4O2/c1-2-27-20-16(13-12-15-8-6-7-11-18(15)20)14-19-21(26)24-25(23-19)22-17-9-4-3-5-10-17/h3-14,22-23H,2H2,1H3,(H,24,26). The molecule has 0 aromatic heterocycles. The van der Waals surface area contributed by atoms with Gasteiger partial charge in [-0.25, -0.2) is 5.43 Å². The first-order valence-electron chi connectivity index (χ1n) is 8.80. The Labute approximate surface area is 157 Å². The topological polar surface area (TPSA) is 65.6 Å². The second-order valence-corrected chi connectivity index (χ2v) is 6.06. The van der Waals surface area contributed by atoms with Gasteiger partial charge in [-0.05, 0) is 35.7 Å². The average Bonchev–Trinajstić information content (AvgIpc) is 3.03. The number of benzene rings is 3. The average molecular weight is 360 g/mol. The lowest BCUT2D eigenvalue weighted by Crippen LogP contribution is -2.43. The van der Waals surface area contributed by atoms with Gasteiger partial charge in [0.2, 0.25) is 0 Å². The van der Waals surface area contributed by atoms with Crippen LogP contribution < -0.4 is 21.0 Å². The van der Waals surface area contributed by atoms with Crippen LogP contribution in [0.4, 0.5) is 5.69 Å². The molecule has 1 fully saturated rings. The molecule has 3 aromatic carbocycles. The summed E-state index contributed by atoms with van der Waals surface area (Å²) in [6.45, 7) is 2.50. The van der Waals surface area contributed by atoms with Crippen molar-refractivity contribution in [1.82, 2.24) is 16.1 Å². The first-order valence-corrected chi connectivity index (χ1v) is 8.80. The van der Waals surface area contributed by atoms with Crippen LogP contribution in [0.1, 0.15) is 12.5 Å². The van der Waals surface area contributed by atoms with E-state index in [1.165, 1.54) is 5.23 Å². The maximum Gasteiger partial charge on any atom is 0.286 e. The van der Waals surface area contributed by atoms with E-state index in [9.17, 15) is 4.79 Å². The van der Waals surface area contributed by atoms with Crippen molar-refractivity contribution < 1.29 is 9.53 Å². The third-order valence-corrected chi connectivity index (χ3v) is 4.20. The monoisotopic (exact) mass is 360 g/mol. The minimum Gasteiger partial charge on any atom is -0.493 e. The second-order valence-electron chi connectivity index (χ2n) is 6.06. The lowest BCUT2D eigenvalue weighted by Gasteiger charge is -2.17. The molecule has 0 unspecified atom stereocenters. The van der Waals surface area contributed by atoms with Crippen LogP contribution in [-0.2, 0) is 4.79 Å². The summed E-state index contributed by atoms with van der Waals surface area (Å²) in [6, 6.07) is 21.6. The van der Waals surface area contributed by atoms with Gasteiger partial charge in [-0.1, -0.05) is 54.6 Å². The maximum absolute atomic E-state index is 12.3. The molecule has 1 aliphatic rings. The van der Waals surface area contributed by atoms with Gasteiger partial charge in [0.1, 0.15) is 11.4 Å². The highest BCUT2D eigenvalue weighted by Gasteiger charge is 2.24. The molecule has 136 valence electrons. The number of carbonyl (C=O) groups is 1. The van der Waals surface area contributed by atoms with Crippen molar-refractivity contribution in [3.63, 3.8) is 0 Å². The van der Waals surface area contributed by atoms with Gasteiger partial charge < -0.3 is 4.74 Å². The SMILES string of the molecule is CCOc1c(C=C2NN(Nc3ccccc3)NC2=O)ccc2ccccc12. The number of para-hydroxylation sites is 1. The smallest absolute Gasteiger partial charge is 0.286 e. The molecule has 0 radical (unpaired) electrons. The van der Waals surface area contributed by atoms with Gasteiger partial charge in [0.25, 0.3) is 5.91 Å². The largest absolute Gasteiger partial charge is 0.493 e. The lowest BCUT2D eigenvalue weighted by molar-refractivity contribution is -0.118. The van der Waals surface area contributed by atoms with Gasteiger partial charge in [0.15, 0.2) is 0 Å². The summed E-state index contributed by atoms with van der Waals surface area (Å²) in [7, 11) is 0. The van der Waals surface area contributed by atoms with Gasteiger partial charge in [-0.2, -0.15) is 0 Å². The predicted octanol–water partition coefficient (Wildman–Crippen LogP) is 3.46. The van der Waals surface area contributed by atoms with Crippen LogP contribution in [0.3, 0.4) is 0 Å². The van der Waals surface area contributed by atoms with Crippen molar-refractivity contribution in [3.8, 4) is 5.75 Å². The Bertz CT molecular complexity index is 1000. The van der Waals surface area contributed by atoms with Crippen molar-refractivity contribution in [1.29, 1.82) is 0 Å². The molecule has 0 atom stereocenters. The third kappa shape index (κ3) is 3.56. The number of amides is 1. The van der Waals surface area contributed by atoms with Crippen molar-refractivity contribution in [2.45, 2.75) is 6.92 Å². The van der Waals surface area contributed by atoms with E-state index < -0.39 is 0 Å². The molecule has 1 heterocycles. The molecule has 1 aliphatic heterocycles. The van der Waals surface area contributed by atoms with Crippen LogP contribution in [0.5, 0.6) is 5.75 Å². The minimum atomic E-state index is -0.228. The Balaban J connectivity index is 1.63. The number of ether oxygens (including phenoxy) is 1. The fourth-order valence-corrected chi connectivity index (χ4v) is 2.99. The van der Waals surface area contributed by atoms with Crippen LogP contribution in [0.2, 0.25) is 0 Å². The van der Waals surface area contributed by atoms with Crippen LogP contribution in [0, 0.1) is 0 Å². The van der Waals surface area contributed by atoms with E-state index in [2.05, 4.69) is 16.3 Å². The van der Waals surface area contributed by atoms with Gasteiger partial charge >= 0.3 is 0 Å². The van der Waals surface area contributed by atoms with E-state index in [0.717, 1.165) is 27.8 Å². The Morgan fingerprint density at radius 2 is 1.78 bits per heavy atom. The first-order chi connectivity index (χ1) is 13.2. The minimum absolute atomic E-state index is 0.228. The van der Waals surface area contributed by atoms with Gasteiger partial charge in [0.05, 0.1) is 12.3 Å². The summed E-state index contributed by atoms with van der Waals surface area (Å²) in [5.74, 6) is 0.543. The molecular formula is C21H20N4O2. The van der Waals surface area contributed by atoms with E-state index >= 15 is 0 Å². The van der Waals surface area contributed by atoms with E-state index in [-0.39, 0.29) is 5.91 Å². The van der Waals surface area contributed by atoms with Crippen LogP contribution in [0.15, 0.2) is 72.4 Å². The predicted molar refractivity (Wildman–Crippen MR) is 106 cm³/mol. The molecule has 0 saturated carbocycles. The molecular weight excluding hydrogens is 340 g/mol. The molecule has 6 nitrogen and oxygen atoms in total. The Kier molecular flexibility index (Phi) is 4.63. The number of carbonyl (C=O) groups excluding carboxylic acids is 1. The molecule has 0 aliphatic carbocycles. The number of anilines is 1. The fraction of sp³-hybridized carbons (Fsp3) is 0.0952. The molecule has 4 rings (SSSR count). The Hall–Kier alpha value is -3.51. The summed E-state index contributed by atoms with van der Waals surface area (Å²) in [5, 5.41) is 3.55. The summed E-state index contributed by atoms with van der Waals surface area (Å²) < 4.78 is 5.89. The summed E-state index contributed by atoms with van der Waals surface area (Å²) in [4.78, 5) is 12.3. The summed E-state index contributed by atoms with van der Waals surface area (Å²) in [6.07, 6.45) is 1.79. The van der Waals surface area contributed by atoms with E-state index in [4.69, 9.17) is 4.74 Å². The van der Waals surface area contributed by atoms with Crippen LogP contribution in [-0.4, -0.2) is 17.7 Å². The molecule has 0 spiro atoms. The highest BCUT2D eigenvalue weighted by molar-refractivity contribution is 6.00. The second kappa shape index (κ2) is 7.39. The van der Waals surface area contributed by atoms with Gasteiger partial charge in [-0.15, -0.1) is 0 Å². The normalized spacial score (nSPS) is 15.6.